The minimum atomic E-state index is -4.64. The number of nitrogens with zero attached hydrogens (tertiary/aromatic N) is 6. The van der Waals surface area contributed by atoms with E-state index >= 15 is 0 Å². The summed E-state index contributed by atoms with van der Waals surface area (Å²) in [5.74, 6) is 0. The van der Waals surface area contributed by atoms with E-state index in [-0.39, 0.29) is 0 Å². The highest BCUT2D eigenvalue weighted by Crippen LogP contribution is 2.68. The van der Waals surface area contributed by atoms with Gasteiger partial charge in [-0.25, -0.2) is 27.4 Å². The highest BCUT2D eigenvalue weighted by molar-refractivity contribution is 7.64. The summed E-state index contributed by atoms with van der Waals surface area (Å²) < 4.78 is 68.2. The standard InChI is InChI=1S/C18H28N6OP.6H3O4P/c1-2-10-18-17(9-1)19-20-24(18)25-26(21-11-3-4-12-21,22-13-5-6-14-22)23-15-7-8-16-23;6*1-5(2,3)4/h1-2,9-10H,3-8,11-16H2;6*(H3,1,2,3,4)/q+1;;;;;;. The lowest BCUT2D eigenvalue weighted by Crippen LogP contribution is -2.47. The van der Waals surface area contributed by atoms with Gasteiger partial charge in [0.15, 0.2) is 0 Å². The lowest BCUT2D eigenvalue weighted by Gasteiger charge is -2.39. The van der Waals surface area contributed by atoms with Crippen LogP contribution in [0.1, 0.15) is 38.5 Å². The van der Waals surface area contributed by atoms with Gasteiger partial charge in [0.05, 0.1) is 0 Å². The number of rotatable bonds is 5. The maximum atomic E-state index is 8.88. The van der Waals surface area contributed by atoms with Gasteiger partial charge in [-0.15, -0.1) is 19.1 Å². The molecule has 0 amide bonds. The lowest BCUT2D eigenvalue weighted by molar-refractivity contribution is 0.169. The zero-order valence-corrected chi connectivity index (χ0v) is 34.8. The molecule has 0 unspecified atom stereocenters. The number of para-hydroxylation sites is 1. The van der Waals surface area contributed by atoms with Crippen molar-refractivity contribution in [2.24, 2.45) is 0 Å². The first-order valence-corrected chi connectivity index (χ1v) is 25.7. The van der Waals surface area contributed by atoms with Gasteiger partial charge in [-0.2, -0.15) is 4.62 Å². The second-order valence-electron chi connectivity index (χ2n) is 10.6. The van der Waals surface area contributed by atoms with Gasteiger partial charge in [0.1, 0.15) is 11.0 Å². The smallest absolute Gasteiger partial charge is 0.303 e. The Bertz CT molecular complexity index is 1460. The second kappa shape index (κ2) is 25.2. The number of fused-ring (bicyclic) bond motifs is 1. The molecule has 38 heteroatoms. The van der Waals surface area contributed by atoms with Crippen LogP contribution < -0.4 is 4.62 Å². The summed E-state index contributed by atoms with van der Waals surface area (Å²) in [6, 6.07) is 8.10. The van der Waals surface area contributed by atoms with E-state index in [1.807, 2.05) is 18.2 Å². The van der Waals surface area contributed by atoms with Crippen LogP contribution in [0.5, 0.6) is 0 Å². The van der Waals surface area contributed by atoms with E-state index in [9.17, 15) is 0 Å². The zero-order valence-electron chi connectivity index (χ0n) is 28.5. The Morgan fingerprint density at radius 1 is 0.446 bits per heavy atom. The van der Waals surface area contributed by atoms with Gasteiger partial charge in [0, 0.05) is 39.3 Å². The number of hydrogen-bond acceptors (Lipinski definition) is 12. The van der Waals surface area contributed by atoms with Crippen molar-refractivity contribution in [3.8, 4) is 0 Å². The molecular formula is C18H46N6O25P7+. The minimum Gasteiger partial charge on any atom is -0.303 e. The average molecular weight is 963 g/mol. The van der Waals surface area contributed by atoms with Crippen molar-refractivity contribution in [1.29, 1.82) is 0 Å². The van der Waals surface area contributed by atoms with E-state index in [0.717, 1.165) is 50.3 Å². The third-order valence-corrected chi connectivity index (χ3v) is 9.65. The second-order valence-corrected chi connectivity index (χ2v) is 19.7. The zero-order chi connectivity index (χ0) is 44.4. The summed E-state index contributed by atoms with van der Waals surface area (Å²) in [5.41, 5.74) is 1.87. The van der Waals surface area contributed by atoms with Gasteiger partial charge in [-0.05, 0) is 60.7 Å². The number of hydrogen-bond donors (Lipinski definition) is 18. The number of phosphoric acid groups is 6. The van der Waals surface area contributed by atoms with Crippen molar-refractivity contribution in [2.45, 2.75) is 38.5 Å². The third kappa shape index (κ3) is 36.5. The molecule has 0 spiro atoms. The Labute approximate surface area is 317 Å². The van der Waals surface area contributed by atoms with Crippen molar-refractivity contribution in [3.63, 3.8) is 0 Å². The van der Waals surface area contributed by atoms with Crippen LogP contribution in [0, 0.1) is 0 Å². The molecule has 31 nitrogen and oxygen atoms in total. The molecule has 1 aromatic carbocycles. The Kier molecular flexibility index (Phi) is 25.9. The Balaban J connectivity index is 0. The van der Waals surface area contributed by atoms with Crippen LogP contribution in [0.3, 0.4) is 0 Å². The summed E-state index contributed by atoms with van der Waals surface area (Å²) >= 11 is 0. The molecule has 0 radical (unpaired) electrons. The molecule has 0 atom stereocenters. The quantitative estimate of drug-likeness (QED) is 0.135. The van der Waals surface area contributed by atoms with Crippen molar-refractivity contribution in [2.75, 3.05) is 39.3 Å². The first-order chi connectivity index (χ1) is 24.9. The van der Waals surface area contributed by atoms with Gasteiger partial charge in [-0.1, -0.05) is 12.1 Å². The molecule has 332 valence electrons. The number of benzene rings is 1. The van der Waals surface area contributed by atoms with E-state index in [4.69, 9.17) is 120 Å². The first kappa shape index (κ1) is 57.5. The van der Waals surface area contributed by atoms with Gasteiger partial charge >= 0.3 is 54.9 Å². The van der Waals surface area contributed by atoms with Crippen LogP contribution in [0.25, 0.3) is 11.0 Å². The average Bonchev–Trinajstić information content (AvgIpc) is 3.75. The highest BCUT2D eigenvalue weighted by Gasteiger charge is 2.63. The maximum Gasteiger partial charge on any atom is 0.466 e. The third-order valence-electron chi connectivity index (χ3n) is 5.86. The van der Waals surface area contributed by atoms with Crippen molar-refractivity contribution in [1.82, 2.24) is 29.2 Å². The normalized spacial score (nSPS) is 17.2. The van der Waals surface area contributed by atoms with Crippen LogP contribution in [-0.4, -0.2) is 157 Å². The Hall–Kier alpha value is -0.610. The maximum absolute atomic E-state index is 8.88. The fourth-order valence-electron chi connectivity index (χ4n) is 4.59. The first-order valence-electron chi connectivity index (χ1n) is 14.7. The lowest BCUT2D eigenvalue weighted by atomic mass is 10.3. The monoisotopic (exact) mass is 963 g/mol. The SMILES string of the molecule is O=P(O)(O)O.O=P(O)(O)O.O=P(O)(O)O.O=P(O)(O)O.O=P(O)(O)O.O=P(O)(O)O.c1ccc2c(c1)nnn2O[P+](N1CCCC1)(N1CCCC1)N1CCCC1. The molecule has 18 N–H and O–H groups in total. The van der Waals surface area contributed by atoms with Gasteiger partial charge in [0.25, 0.3) is 0 Å². The summed E-state index contributed by atoms with van der Waals surface area (Å²) in [5, 5.41) is 8.72. The molecule has 1 aromatic heterocycles. The largest absolute Gasteiger partial charge is 0.466 e. The summed E-state index contributed by atoms with van der Waals surface area (Å²) in [6.45, 7) is 6.79. The van der Waals surface area contributed by atoms with Crippen LogP contribution in [0.4, 0.5) is 0 Å². The van der Waals surface area contributed by atoms with Gasteiger partial charge in [-0.3, -0.25) is 0 Å². The molecule has 0 aliphatic carbocycles. The molecule has 3 saturated heterocycles. The van der Waals surface area contributed by atoms with Crippen molar-refractivity contribution in [3.05, 3.63) is 24.3 Å². The van der Waals surface area contributed by atoms with Gasteiger partial charge in [0.2, 0.25) is 0 Å². The van der Waals surface area contributed by atoms with Crippen molar-refractivity contribution < 1.29 is 120 Å². The molecule has 3 fully saturated rings. The van der Waals surface area contributed by atoms with Crippen LogP contribution in [-0.2, 0) is 27.4 Å². The Morgan fingerprint density at radius 2 is 0.679 bits per heavy atom. The summed E-state index contributed by atoms with van der Waals surface area (Å²) in [6.07, 6.45) is 7.61. The molecule has 0 saturated carbocycles. The molecule has 3 aliphatic rings. The van der Waals surface area contributed by atoms with Gasteiger partial charge < -0.3 is 88.1 Å². The topological polar surface area (TPSA) is 516 Å². The van der Waals surface area contributed by atoms with E-state index < -0.39 is 54.9 Å². The van der Waals surface area contributed by atoms with Crippen molar-refractivity contribution >= 4 is 65.9 Å². The molecule has 56 heavy (non-hydrogen) atoms. The van der Waals surface area contributed by atoms with E-state index in [1.165, 1.54) is 38.5 Å². The van der Waals surface area contributed by atoms with E-state index in [2.05, 4.69) is 30.4 Å². The predicted octanol–water partition coefficient (Wildman–Crippen LogP) is -2.75. The van der Waals surface area contributed by atoms with Crippen LogP contribution in [0.15, 0.2) is 24.3 Å². The predicted molar refractivity (Wildman–Crippen MR) is 189 cm³/mol. The molecule has 2 aromatic rings. The summed E-state index contributed by atoms with van der Waals surface area (Å²) in [7, 11) is -29.9. The molecule has 0 bridgehead atoms. The summed E-state index contributed by atoms with van der Waals surface area (Å²) in [4.78, 5) is 131. The number of aromatic nitrogens is 3. The fraction of sp³-hybridized carbons (Fsp3) is 0.667. The molecule has 5 rings (SSSR count). The molecule has 4 heterocycles. The van der Waals surface area contributed by atoms with Crippen LogP contribution in [0.2, 0.25) is 0 Å². The van der Waals surface area contributed by atoms with E-state index in [1.54, 1.807) is 4.85 Å². The highest BCUT2D eigenvalue weighted by atomic mass is 31.2. The van der Waals surface area contributed by atoms with E-state index in [0.29, 0.717) is 0 Å². The minimum absolute atomic E-state index is 0.898. The Morgan fingerprint density at radius 3 is 0.929 bits per heavy atom. The molecular weight excluding hydrogens is 917 g/mol. The molecule has 3 aliphatic heterocycles. The fourth-order valence-corrected chi connectivity index (χ4v) is 8.71. The van der Waals surface area contributed by atoms with Crippen LogP contribution >= 0.6 is 54.9 Å².